The number of hydrogen-bond acceptors (Lipinski definition) is 4. The summed E-state index contributed by atoms with van der Waals surface area (Å²) in [5, 5.41) is 4.19. The predicted octanol–water partition coefficient (Wildman–Crippen LogP) is 4.98. The van der Waals surface area contributed by atoms with Crippen molar-refractivity contribution in [1.82, 2.24) is 15.0 Å². The number of hydrogen-bond donors (Lipinski definition) is 1. The Morgan fingerprint density at radius 3 is 2.58 bits per heavy atom. The molecule has 3 rings (SSSR count). The van der Waals surface area contributed by atoms with Gasteiger partial charge in [0.05, 0.1) is 6.04 Å². The molecule has 0 radical (unpaired) electrons. The Labute approximate surface area is 147 Å². The van der Waals surface area contributed by atoms with Crippen molar-refractivity contribution in [3.05, 3.63) is 70.5 Å². The van der Waals surface area contributed by atoms with Crippen molar-refractivity contribution < 1.29 is 0 Å². The highest BCUT2D eigenvalue weighted by atomic mass is 35.5. The highest BCUT2D eigenvalue weighted by Crippen LogP contribution is 2.25. The van der Waals surface area contributed by atoms with E-state index in [4.69, 9.17) is 11.6 Å². The van der Waals surface area contributed by atoms with Crippen LogP contribution < -0.4 is 5.32 Å². The maximum atomic E-state index is 6.09. The molecule has 24 heavy (non-hydrogen) atoms. The largest absolute Gasteiger partial charge is 0.363 e. The molecule has 1 unspecified atom stereocenters. The van der Waals surface area contributed by atoms with Gasteiger partial charge in [-0.2, -0.15) is 0 Å². The van der Waals surface area contributed by atoms with Gasteiger partial charge in [-0.15, -0.1) is 0 Å². The van der Waals surface area contributed by atoms with Gasteiger partial charge in [0.15, 0.2) is 5.82 Å². The molecule has 3 aromatic rings. The van der Waals surface area contributed by atoms with Crippen LogP contribution in [0.1, 0.15) is 29.8 Å². The molecule has 0 aliphatic carbocycles. The minimum Gasteiger partial charge on any atom is -0.363 e. The molecular weight excluding hydrogens is 320 g/mol. The molecule has 0 saturated carbocycles. The van der Waals surface area contributed by atoms with Crippen molar-refractivity contribution in [2.24, 2.45) is 0 Å². The van der Waals surface area contributed by atoms with Gasteiger partial charge in [-0.25, -0.2) is 9.97 Å². The topological polar surface area (TPSA) is 50.7 Å². The number of rotatable bonds is 4. The molecule has 0 aliphatic heterocycles. The average Bonchev–Trinajstić information content (AvgIpc) is 2.59. The quantitative estimate of drug-likeness (QED) is 0.728. The second-order valence-electron chi connectivity index (χ2n) is 5.74. The minimum atomic E-state index is 0.0771. The van der Waals surface area contributed by atoms with E-state index in [2.05, 4.69) is 27.2 Å². The fourth-order valence-electron chi connectivity index (χ4n) is 2.44. The Balaban J connectivity index is 1.94. The summed E-state index contributed by atoms with van der Waals surface area (Å²) in [5.74, 6) is 1.44. The van der Waals surface area contributed by atoms with Crippen molar-refractivity contribution in [2.45, 2.75) is 26.8 Å². The summed E-state index contributed by atoms with van der Waals surface area (Å²) < 4.78 is 0. The first kappa shape index (κ1) is 16.4. The molecule has 2 heterocycles. The SMILES string of the molecule is Cc1nc(-c2ccccn2)nc(NC(C)c2cccc(Cl)c2)c1C. The molecule has 1 N–H and O–H groups in total. The standard InChI is InChI=1S/C19H19ClN4/c1-12-13(2)22-19(17-9-4-5-10-21-17)24-18(12)23-14(3)15-7-6-8-16(20)11-15/h4-11,14H,1-3H3,(H,22,23,24). The Morgan fingerprint density at radius 2 is 1.88 bits per heavy atom. The lowest BCUT2D eigenvalue weighted by atomic mass is 10.1. The van der Waals surface area contributed by atoms with Gasteiger partial charge in [0.2, 0.25) is 0 Å². The zero-order valence-electron chi connectivity index (χ0n) is 13.9. The number of benzene rings is 1. The smallest absolute Gasteiger partial charge is 0.180 e. The van der Waals surface area contributed by atoms with Crippen LogP contribution in [0.4, 0.5) is 5.82 Å². The summed E-state index contributed by atoms with van der Waals surface area (Å²) in [5.41, 5.74) is 3.84. The molecule has 1 aromatic carbocycles. The summed E-state index contributed by atoms with van der Waals surface area (Å²) >= 11 is 6.09. The predicted molar refractivity (Wildman–Crippen MR) is 98.2 cm³/mol. The molecule has 0 saturated heterocycles. The summed E-state index contributed by atoms with van der Waals surface area (Å²) in [4.78, 5) is 13.6. The monoisotopic (exact) mass is 338 g/mol. The van der Waals surface area contributed by atoms with Gasteiger partial charge >= 0.3 is 0 Å². The maximum Gasteiger partial charge on any atom is 0.180 e. The first-order valence-corrected chi connectivity index (χ1v) is 8.21. The second-order valence-corrected chi connectivity index (χ2v) is 6.18. The van der Waals surface area contributed by atoms with Gasteiger partial charge in [0.1, 0.15) is 11.5 Å². The lowest BCUT2D eigenvalue weighted by Crippen LogP contribution is -2.11. The summed E-state index contributed by atoms with van der Waals surface area (Å²) in [6.07, 6.45) is 1.75. The van der Waals surface area contributed by atoms with E-state index in [9.17, 15) is 0 Å². The molecule has 0 fully saturated rings. The van der Waals surface area contributed by atoms with Crippen LogP contribution in [0.15, 0.2) is 48.7 Å². The van der Waals surface area contributed by atoms with Crippen LogP contribution in [0, 0.1) is 13.8 Å². The Kier molecular flexibility index (Phi) is 4.76. The van der Waals surface area contributed by atoms with Gasteiger partial charge < -0.3 is 5.32 Å². The third-order valence-electron chi connectivity index (χ3n) is 3.99. The number of anilines is 1. The molecule has 4 nitrogen and oxygen atoms in total. The van der Waals surface area contributed by atoms with Crippen LogP contribution >= 0.6 is 11.6 Å². The summed E-state index contributed by atoms with van der Waals surface area (Å²) in [7, 11) is 0. The Morgan fingerprint density at radius 1 is 1.04 bits per heavy atom. The third kappa shape index (κ3) is 3.54. The Hall–Kier alpha value is -2.46. The number of aromatic nitrogens is 3. The highest BCUT2D eigenvalue weighted by molar-refractivity contribution is 6.30. The van der Waals surface area contributed by atoms with Crippen molar-refractivity contribution in [3.63, 3.8) is 0 Å². The summed E-state index contributed by atoms with van der Waals surface area (Å²) in [6, 6.07) is 13.6. The molecule has 5 heteroatoms. The molecular formula is C19H19ClN4. The van der Waals surface area contributed by atoms with Gasteiger partial charge in [0, 0.05) is 22.5 Å². The lowest BCUT2D eigenvalue weighted by molar-refractivity contribution is 0.866. The fraction of sp³-hybridized carbons (Fsp3) is 0.211. The van der Waals surface area contributed by atoms with E-state index >= 15 is 0 Å². The first-order valence-electron chi connectivity index (χ1n) is 7.83. The molecule has 0 aliphatic rings. The van der Waals surface area contributed by atoms with E-state index in [1.807, 2.05) is 56.3 Å². The van der Waals surface area contributed by atoms with E-state index in [0.717, 1.165) is 33.4 Å². The van der Waals surface area contributed by atoms with E-state index in [1.54, 1.807) is 6.20 Å². The third-order valence-corrected chi connectivity index (χ3v) is 4.22. The molecule has 122 valence electrons. The van der Waals surface area contributed by atoms with Crippen LogP contribution in [0.2, 0.25) is 5.02 Å². The van der Waals surface area contributed by atoms with Gasteiger partial charge in [-0.1, -0.05) is 29.8 Å². The molecule has 0 amide bonds. The van der Waals surface area contributed by atoms with Crippen LogP contribution in [-0.2, 0) is 0 Å². The minimum absolute atomic E-state index is 0.0771. The first-order chi connectivity index (χ1) is 11.5. The zero-order chi connectivity index (χ0) is 17.1. The fourth-order valence-corrected chi connectivity index (χ4v) is 2.64. The van der Waals surface area contributed by atoms with E-state index in [1.165, 1.54) is 0 Å². The Bertz CT molecular complexity index is 849. The molecule has 0 bridgehead atoms. The zero-order valence-corrected chi connectivity index (χ0v) is 14.7. The van der Waals surface area contributed by atoms with Crippen LogP contribution in [0.25, 0.3) is 11.5 Å². The number of aryl methyl sites for hydroxylation is 1. The van der Waals surface area contributed by atoms with Crippen molar-refractivity contribution in [2.75, 3.05) is 5.32 Å². The summed E-state index contributed by atoms with van der Waals surface area (Å²) in [6.45, 7) is 6.09. The van der Waals surface area contributed by atoms with E-state index < -0.39 is 0 Å². The van der Waals surface area contributed by atoms with E-state index in [-0.39, 0.29) is 6.04 Å². The maximum absolute atomic E-state index is 6.09. The molecule has 0 spiro atoms. The molecule has 1 atom stereocenters. The van der Waals surface area contributed by atoms with Crippen molar-refractivity contribution in [3.8, 4) is 11.5 Å². The number of pyridine rings is 1. The number of nitrogens with one attached hydrogen (secondary N) is 1. The number of nitrogens with zero attached hydrogens (tertiary/aromatic N) is 3. The number of halogens is 1. The van der Waals surface area contributed by atoms with E-state index in [0.29, 0.717) is 5.82 Å². The van der Waals surface area contributed by atoms with Gasteiger partial charge in [-0.3, -0.25) is 4.98 Å². The van der Waals surface area contributed by atoms with Gasteiger partial charge in [-0.05, 0) is 50.6 Å². The van der Waals surface area contributed by atoms with Crippen LogP contribution in [0.3, 0.4) is 0 Å². The normalized spacial score (nSPS) is 12.0. The van der Waals surface area contributed by atoms with Crippen molar-refractivity contribution in [1.29, 1.82) is 0 Å². The van der Waals surface area contributed by atoms with Crippen LogP contribution in [0.5, 0.6) is 0 Å². The molecule has 2 aromatic heterocycles. The second kappa shape index (κ2) is 6.97. The highest BCUT2D eigenvalue weighted by Gasteiger charge is 2.13. The average molecular weight is 339 g/mol. The van der Waals surface area contributed by atoms with Gasteiger partial charge in [0.25, 0.3) is 0 Å². The van der Waals surface area contributed by atoms with Crippen LogP contribution in [-0.4, -0.2) is 15.0 Å². The van der Waals surface area contributed by atoms with Crippen molar-refractivity contribution >= 4 is 17.4 Å². The lowest BCUT2D eigenvalue weighted by Gasteiger charge is -2.18.